The maximum Gasteiger partial charge on any atom is 0.126 e. The smallest absolute Gasteiger partial charge is 0.126 e. The van der Waals surface area contributed by atoms with Crippen molar-refractivity contribution < 1.29 is 9.47 Å². The lowest BCUT2D eigenvalue weighted by Crippen LogP contribution is -2.08. The normalized spacial score (nSPS) is 13.5. The first-order valence-corrected chi connectivity index (χ1v) is 6.83. The van der Waals surface area contributed by atoms with Crippen LogP contribution < -0.4 is 9.47 Å². The largest absolute Gasteiger partial charge is 0.493 e. The standard InChI is InChI=1S/C16H15ClO2/c17-15-6-2-1-4-13(15)11-19-14-8-7-12-5-3-9-18-16(12)10-14/h1-2,4,6-8,10H,3,5,9,11H2. The van der Waals surface area contributed by atoms with Gasteiger partial charge in [0.05, 0.1) is 6.61 Å². The highest BCUT2D eigenvalue weighted by atomic mass is 35.5. The predicted molar refractivity (Wildman–Crippen MR) is 76.0 cm³/mol. The van der Waals surface area contributed by atoms with Crippen molar-refractivity contribution in [1.82, 2.24) is 0 Å². The second-order valence-corrected chi connectivity index (χ2v) is 5.01. The molecule has 0 spiro atoms. The van der Waals surface area contributed by atoms with E-state index in [1.54, 1.807) is 0 Å². The highest BCUT2D eigenvalue weighted by Crippen LogP contribution is 2.29. The van der Waals surface area contributed by atoms with Gasteiger partial charge in [-0.2, -0.15) is 0 Å². The van der Waals surface area contributed by atoms with Gasteiger partial charge in [-0.15, -0.1) is 0 Å². The molecular weight excluding hydrogens is 260 g/mol. The van der Waals surface area contributed by atoms with Gasteiger partial charge in [0, 0.05) is 16.7 Å². The summed E-state index contributed by atoms with van der Waals surface area (Å²) in [6.07, 6.45) is 2.17. The number of fused-ring (bicyclic) bond motifs is 1. The van der Waals surface area contributed by atoms with Gasteiger partial charge >= 0.3 is 0 Å². The molecule has 1 heterocycles. The molecule has 0 radical (unpaired) electrons. The summed E-state index contributed by atoms with van der Waals surface area (Å²) in [6, 6.07) is 13.7. The van der Waals surface area contributed by atoms with Crippen LogP contribution in [-0.4, -0.2) is 6.61 Å². The Morgan fingerprint density at radius 3 is 2.95 bits per heavy atom. The first-order valence-electron chi connectivity index (χ1n) is 6.45. The molecule has 2 aromatic rings. The lowest BCUT2D eigenvalue weighted by atomic mass is 10.1. The van der Waals surface area contributed by atoms with Crippen molar-refractivity contribution in [3.63, 3.8) is 0 Å². The van der Waals surface area contributed by atoms with Gasteiger partial charge in [0.25, 0.3) is 0 Å². The quantitative estimate of drug-likeness (QED) is 0.833. The molecule has 0 amide bonds. The van der Waals surface area contributed by atoms with Crippen molar-refractivity contribution in [1.29, 1.82) is 0 Å². The fourth-order valence-electron chi connectivity index (χ4n) is 2.19. The summed E-state index contributed by atoms with van der Waals surface area (Å²) in [6.45, 7) is 1.26. The minimum atomic E-state index is 0.471. The van der Waals surface area contributed by atoms with Crippen molar-refractivity contribution in [3.05, 3.63) is 58.6 Å². The summed E-state index contributed by atoms with van der Waals surface area (Å²) < 4.78 is 11.4. The molecule has 0 aromatic heterocycles. The number of ether oxygens (including phenoxy) is 2. The third-order valence-electron chi connectivity index (χ3n) is 3.24. The van der Waals surface area contributed by atoms with E-state index in [1.807, 2.05) is 36.4 Å². The van der Waals surface area contributed by atoms with Crippen LogP contribution in [-0.2, 0) is 13.0 Å². The van der Waals surface area contributed by atoms with Crippen molar-refractivity contribution >= 4 is 11.6 Å². The van der Waals surface area contributed by atoms with Crippen molar-refractivity contribution in [3.8, 4) is 11.5 Å². The summed E-state index contributed by atoms with van der Waals surface area (Å²) >= 11 is 6.10. The average Bonchev–Trinajstić information content (AvgIpc) is 2.46. The average molecular weight is 275 g/mol. The lowest BCUT2D eigenvalue weighted by molar-refractivity contribution is 0.278. The molecule has 0 atom stereocenters. The second-order valence-electron chi connectivity index (χ2n) is 4.60. The van der Waals surface area contributed by atoms with Crippen LogP contribution in [0.2, 0.25) is 5.02 Å². The number of rotatable bonds is 3. The molecule has 3 rings (SSSR count). The van der Waals surface area contributed by atoms with Gasteiger partial charge in [0.1, 0.15) is 18.1 Å². The van der Waals surface area contributed by atoms with Gasteiger partial charge < -0.3 is 9.47 Å². The van der Waals surface area contributed by atoms with E-state index in [9.17, 15) is 0 Å². The molecule has 98 valence electrons. The summed E-state index contributed by atoms with van der Waals surface area (Å²) in [7, 11) is 0. The monoisotopic (exact) mass is 274 g/mol. The number of aryl methyl sites for hydroxylation is 1. The molecular formula is C16H15ClO2. The van der Waals surface area contributed by atoms with Crippen LogP contribution in [0.1, 0.15) is 17.5 Å². The van der Waals surface area contributed by atoms with E-state index in [-0.39, 0.29) is 0 Å². The Labute approximate surface area is 117 Å². The molecule has 0 fully saturated rings. The molecule has 0 N–H and O–H groups in total. The fourth-order valence-corrected chi connectivity index (χ4v) is 2.38. The van der Waals surface area contributed by atoms with Crippen LogP contribution in [0.4, 0.5) is 0 Å². The van der Waals surface area contributed by atoms with E-state index in [0.717, 1.165) is 41.5 Å². The van der Waals surface area contributed by atoms with E-state index in [4.69, 9.17) is 21.1 Å². The Morgan fingerprint density at radius 1 is 1.16 bits per heavy atom. The lowest BCUT2D eigenvalue weighted by Gasteiger charge is -2.18. The maximum atomic E-state index is 6.10. The molecule has 19 heavy (non-hydrogen) atoms. The molecule has 3 heteroatoms. The summed E-state index contributed by atoms with van der Waals surface area (Å²) in [4.78, 5) is 0. The SMILES string of the molecule is Clc1ccccc1COc1ccc2c(c1)OCCC2. The molecule has 0 bridgehead atoms. The Balaban J connectivity index is 1.72. The predicted octanol–water partition coefficient (Wildman–Crippen LogP) is 4.24. The molecule has 0 unspecified atom stereocenters. The molecule has 0 aliphatic carbocycles. The van der Waals surface area contributed by atoms with Gasteiger partial charge in [0.2, 0.25) is 0 Å². The summed E-state index contributed by atoms with van der Waals surface area (Å²) in [5.41, 5.74) is 2.25. The van der Waals surface area contributed by atoms with Gasteiger partial charge in [-0.25, -0.2) is 0 Å². The van der Waals surface area contributed by atoms with Crippen molar-refractivity contribution in [2.24, 2.45) is 0 Å². The van der Waals surface area contributed by atoms with E-state index in [0.29, 0.717) is 6.61 Å². The third kappa shape index (κ3) is 2.85. The van der Waals surface area contributed by atoms with Gasteiger partial charge in [0.15, 0.2) is 0 Å². The van der Waals surface area contributed by atoms with Crippen LogP contribution in [0.5, 0.6) is 11.5 Å². The molecule has 1 aliphatic rings. The Bertz CT molecular complexity index is 581. The summed E-state index contributed by atoms with van der Waals surface area (Å²) in [5.74, 6) is 1.77. The number of benzene rings is 2. The van der Waals surface area contributed by atoms with Crippen molar-refractivity contribution in [2.75, 3.05) is 6.61 Å². The Morgan fingerprint density at radius 2 is 2.05 bits per heavy atom. The molecule has 0 saturated carbocycles. The van der Waals surface area contributed by atoms with Crippen LogP contribution >= 0.6 is 11.6 Å². The minimum Gasteiger partial charge on any atom is -0.493 e. The number of hydrogen-bond donors (Lipinski definition) is 0. The Kier molecular flexibility index (Phi) is 3.60. The number of hydrogen-bond acceptors (Lipinski definition) is 2. The zero-order valence-corrected chi connectivity index (χ0v) is 11.3. The highest BCUT2D eigenvalue weighted by molar-refractivity contribution is 6.31. The van der Waals surface area contributed by atoms with Crippen LogP contribution in [0.15, 0.2) is 42.5 Å². The topological polar surface area (TPSA) is 18.5 Å². The van der Waals surface area contributed by atoms with Crippen LogP contribution in [0, 0.1) is 0 Å². The second kappa shape index (κ2) is 5.54. The molecule has 1 aliphatic heterocycles. The van der Waals surface area contributed by atoms with Crippen molar-refractivity contribution in [2.45, 2.75) is 19.4 Å². The van der Waals surface area contributed by atoms with Crippen LogP contribution in [0.3, 0.4) is 0 Å². The van der Waals surface area contributed by atoms with E-state index in [2.05, 4.69) is 6.07 Å². The highest BCUT2D eigenvalue weighted by Gasteiger charge is 2.11. The maximum absolute atomic E-state index is 6.10. The first kappa shape index (κ1) is 12.4. The van der Waals surface area contributed by atoms with Gasteiger partial charge in [-0.3, -0.25) is 0 Å². The number of halogens is 1. The molecule has 0 saturated heterocycles. The fraction of sp³-hybridized carbons (Fsp3) is 0.250. The molecule has 2 nitrogen and oxygen atoms in total. The van der Waals surface area contributed by atoms with E-state index in [1.165, 1.54) is 5.56 Å². The van der Waals surface area contributed by atoms with Gasteiger partial charge in [-0.1, -0.05) is 35.9 Å². The molecule has 2 aromatic carbocycles. The van der Waals surface area contributed by atoms with E-state index >= 15 is 0 Å². The van der Waals surface area contributed by atoms with E-state index < -0.39 is 0 Å². The first-order chi connectivity index (χ1) is 9.33. The zero-order valence-electron chi connectivity index (χ0n) is 10.6. The Hall–Kier alpha value is -1.67. The van der Waals surface area contributed by atoms with Gasteiger partial charge in [-0.05, 0) is 30.5 Å². The third-order valence-corrected chi connectivity index (χ3v) is 3.61. The zero-order chi connectivity index (χ0) is 13.1. The summed E-state index contributed by atoms with van der Waals surface area (Å²) in [5, 5.41) is 0.733. The van der Waals surface area contributed by atoms with Crippen LogP contribution in [0.25, 0.3) is 0 Å². The minimum absolute atomic E-state index is 0.471.